The first-order chi connectivity index (χ1) is 14.4. The Morgan fingerprint density at radius 3 is 2.57 bits per heavy atom. The number of benzene rings is 2. The van der Waals surface area contributed by atoms with Crippen molar-refractivity contribution in [3.8, 4) is 0 Å². The van der Waals surface area contributed by atoms with Gasteiger partial charge in [-0.1, -0.05) is 12.1 Å². The highest BCUT2D eigenvalue weighted by Crippen LogP contribution is 2.36. The number of aromatic amines is 1. The number of nitro benzene ring substituents is 2. The Kier molecular flexibility index (Phi) is 6.38. The summed E-state index contributed by atoms with van der Waals surface area (Å²) >= 11 is 0. The number of amides is 1. The van der Waals surface area contributed by atoms with Crippen LogP contribution >= 0.6 is 0 Å². The third-order valence-electron chi connectivity index (χ3n) is 4.78. The second-order valence-corrected chi connectivity index (χ2v) is 6.68. The third-order valence-corrected chi connectivity index (χ3v) is 4.78. The number of carbonyl (C=O) groups excluding carboxylic acids is 1. The molecule has 1 aromatic heterocycles. The van der Waals surface area contributed by atoms with E-state index in [-0.39, 0.29) is 23.7 Å². The number of nitro groups is 2. The Morgan fingerprint density at radius 1 is 1.13 bits per heavy atom. The minimum absolute atomic E-state index is 0.0144. The fourth-order valence-corrected chi connectivity index (χ4v) is 3.34. The number of ether oxygens (including phenoxy) is 1. The number of fused-ring (bicyclic) bond motifs is 1. The van der Waals surface area contributed by atoms with E-state index in [0.717, 1.165) is 0 Å². The number of hydrogen-bond acceptors (Lipinski definition) is 6. The first-order valence-corrected chi connectivity index (χ1v) is 9.16. The van der Waals surface area contributed by atoms with Crippen LogP contribution in [0.4, 0.5) is 11.4 Å². The second kappa shape index (κ2) is 9.14. The molecular weight excluding hydrogens is 392 g/mol. The van der Waals surface area contributed by atoms with Gasteiger partial charge < -0.3 is 15.0 Å². The molecule has 0 bridgehead atoms. The van der Waals surface area contributed by atoms with Gasteiger partial charge in [-0.05, 0) is 17.2 Å². The average molecular weight is 412 g/mol. The number of nitrogens with one attached hydrogen (secondary N) is 2. The van der Waals surface area contributed by atoms with Crippen molar-refractivity contribution >= 4 is 28.2 Å². The van der Waals surface area contributed by atoms with Crippen LogP contribution in [0.15, 0.2) is 48.7 Å². The maximum atomic E-state index is 12.5. The Labute approximate surface area is 171 Å². The van der Waals surface area contributed by atoms with E-state index in [4.69, 9.17) is 4.74 Å². The lowest BCUT2D eigenvalue weighted by molar-refractivity contribution is -0.385. The van der Waals surface area contributed by atoms with Crippen molar-refractivity contribution in [1.29, 1.82) is 0 Å². The zero-order chi connectivity index (χ0) is 21.7. The molecule has 0 saturated heterocycles. The molecule has 0 spiro atoms. The Bertz CT molecular complexity index is 1090. The van der Waals surface area contributed by atoms with Gasteiger partial charge in [0.05, 0.1) is 16.5 Å². The smallest absolute Gasteiger partial charge is 0.270 e. The first kappa shape index (κ1) is 20.9. The monoisotopic (exact) mass is 412 g/mol. The minimum Gasteiger partial charge on any atom is -0.383 e. The molecule has 1 heterocycles. The molecule has 1 atom stereocenters. The van der Waals surface area contributed by atoms with Gasteiger partial charge in [-0.15, -0.1) is 0 Å². The van der Waals surface area contributed by atoms with Crippen molar-refractivity contribution in [3.63, 3.8) is 0 Å². The summed E-state index contributed by atoms with van der Waals surface area (Å²) in [6.07, 6.45) is 1.70. The van der Waals surface area contributed by atoms with Gasteiger partial charge in [-0.3, -0.25) is 25.0 Å². The lowest BCUT2D eigenvalue weighted by atomic mass is 9.87. The largest absolute Gasteiger partial charge is 0.383 e. The number of nitrogens with zero attached hydrogens (tertiary/aromatic N) is 2. The van der Waals surface area contributed by atoms with Crippen LogP contribution in [-0.4, -0.2) is 41.0 Å². The first-order valence-electron chi connectivity index (χ1n) is 9.16. The van der Waals surface area contributed by atoms with Crippen molar-refractivity contribution in [2.45, 2.75) is 12.3 Å². The van der Waals surface area contributed by atoms with Gasteiger partial charge in [-0.2, -0.15) is 0 Å². The summed E-state index contributed by atoms with van der Waals surface area (Å²) in [4.78, 5) is 37.0. The van der Waals surface area contributed by atoms with E-state index < -0.39 is 15.8 Å². The molecule has 3 aromatic rings. The zero-order valence-corrected chi connectivity index (χ0v) is 16.2. The molecular formula is C20H20N4O6. The number of carbonyl (C=O) groups is 1. The molecule has 0 radical (unpaired) electrons. The van der Waals surface area contributed by atoms with Crippen molar-refractivity contribution in [2.24, 2.45) is 0 Å². The van der Waals surface area contributed by atoms with Crippen LogP contribution in [0.5, 0.6) is 0 Å². The number of aromatic nitrogens is 1. The van der Waals surface area contributed by atoms with Gasteiger partial charge in [-0.25, -0.2) is 0 Å². The number of rotatable bonds is 9. The second-order valence-electron chi connectivity index (χ2n) is 6.68. The lowest BCUT2D eigenvalue weighted by Crippen LogP contribution is -2.28. The summed E-state index contributed by atoms with van der Waals surface area (Å²) in [5, 5.41) is 25.8. The molecule has 2 aromatic carbocycles. The Balaban J connectivity index is 2.05. The highest BCUT2D eigenvalue weighted by atomic mass is 16.6. The Morgan fingerprint density at radius 2 is 1.87 bits per heavy atom. The van der Waals surface area contributed by atoms with Crippen LogP contribution in [0, 0.1) is 20.2 Å². The molecule has 0 aliphatic carbocycles. The van der Waals surface area contributed by atoms with Crippen molar-refractivity contribution < 1.29 is 19.4 Å². The summed E-state index contributed by atoms with van der Waals surface area (Å²) in [5.74, 6) is -0.800. The van der Waals surface area contributed by atoms with E-state index in [1.165, 1.54) is 31.4 Å². The van der Waals surface area contributed by atoms with Crippen LogP contribution in [0.3, 0.4) is 0 Å². The maximum absolute atomic E-state index is 12.5. The van der Waals surface area contributed by atoms with E-state index in [1.807, 2.05) is 0 Å². The summed E-state index contributed by atoms with van der Waals surface area (Å²) in [5.41, 5.74) is 1.72. The average Bonchev–Trinajstić information content (AvgIpc) is 3.15. The summed E-state index contributed by atoms with van der Waals surface area (Å²) in [6.45, 7) is 0.683. The van der Waals surface area contributed by atoms with Gasteiger partial charge >= 0.3 is 0 Å². The molecule has 30 heavy (non-hydrogen) atoms. The van der Waals surface area contributed by atoms with Gasteiger partial charge in [0.15, 0.2) is 0 Å². The molecule has 1 amide bonds. The fraction of sp³-hybridized carbons (Fsp3) is 0.250. The molecule has 2 N–H and O–H groups in total. The number of methoxy groups -OCH3 is 1. The topological polar surface area (TPSA) is 140 Å². The quantitative estimate of drug-likeness (QED) is 0.314. The number of hydrogen-bond donors (Lipinski definition) is 2. The fourth-order valence-electron chi connectivity index (χ4n) is 3.34. The van der Waals surface area contributed by atoms with E-state index in [2.05, 4.69) is 10.3 Å². The number of H-pyrrole nitrogens is 1. The standard InChI is InChI=1S/C20H20N4O6/c1-30-8-7-21-20(25)11-16(13-3-2-4-14(9-13)23(26)27)18-12-22-19-6-5-15(24(28)29)10-17(18)19/h2-6,9-10,12,16,22H,7-8,11H2,1H3,(H,21,25). The molecule has 0 fully saturated rings. The van der Waals surface area contributed by atoms with Crippen LogP contribution in [0.25, 0.3) is 10.9 Å². The molecule has 0 aliphatic heterocycles. The molecule has 3 rings (SSSR count). The molecule has 0 aliphatic rings. The van der Waals surface area contributed by atoms with Crippen molar-refractivity contribution in [2.75, 3.05) is 20.3 Å². The van der Waals surface area contributed by atoms with Crippen molar-refractivity contribution in [1.82, 2.24) is 10.3 Å². The SMILES string of the molecule is COCCNC(=O)CC(c1cccc([N+](=O)[O-])c1)c1c[nH]c2ccc([N+](=O)[O-])cc12. The zero-order valence-electron chi connectivity index (χ0n) is 16.2. The summed E-state index contributed by atoms with van der Waals surface area (Å²) < 4.78 is 4.93. The highest BCUT2D eigenvalue weighted by Gasteiger charge is 2.24. The normalized spacial score (nSPS) is 11.9. The van der Waals surface area contributed by atoms with Gasteiger partial charge in [0.25, 0.3) is 11.4 Å². The predicted octanol–water partition coefficient (Wildman–Crippen LogP) is 3.27. The molecule has 10 heteroatoms. The Hall–Kier alpha value is -3.79. The van der Waals surface area contributed by atoms with Crippen LogP contribution in [0.2, 0.25) is 0 Å². The molecule has 10 nitrogen and oxygen atoms in total. The van der Waals surface area contributed by atoms with E-state index >= 15 is 0 Å². The minimum atomic E-state index is -0.539. The van der Waals surface area contributed by atoms with Crippen LogP contribution < -0.4 is 5.32 Å². The third kappa shape index (κ3) is 4.61. The van der Waals surface area contributed by atoms with E-state index in [1.54, 1.807) is 24.4 Å². The summed E-state index contributed by atoms with van der Waals surface area (Å²) in [6, 6.07) is 10.5. The number of non-ortho nitro benzene ring substituents is 2. The highest BCUT2D eigenvalue weighted by molar-refractivity contribution is 5.87. The lowest BCUT2D eigenvalue weighted by Gasteiger charge is -2.17. The van der Waals surface area contributed by atoms with Crippen molar-refractivity contribution in [3.05, 3.63) is 80.0 Å². The molecule has 1 unspecified atom stereocenters. The van der Waals surface area contributed by atoms with Gasteiger partial charge in [0, 0.05) is 67.4 Å². The maximum Gasteiger partial charge on any atom is 0.270 e. The molecule has 0 saturated carbocycles. The predicted molar refractivity (Wildman–Crippen MR) is 109 cm³/mol. The van der Waals surface area contributed by atoms with Gasteiger partial charge in [0.2, 0.25) is 5.91 Å². The van der Waals surface area contributed by atoms with Crippen LogP contribution in [0.1, 0.15) is 23.5 Å². The summed E-state index contributed by atoms with van der Waals surface area (Å²) in [7, 11) is 1.52. The molecule has 156 valence electrons. The van der Waals surface area contributed by atoms with E-state index in [9.17, 15) is 25.0 Å². The van der Waals surface area contributed by atoms with Gasteiger partial charge in [0.1, 0.15) is 0 Å². The van der Waals surface area contributed by atoms with Crippen LogP contribution in [-0.2, 0) is 9.53 Å². The van der Waals surface area contributed by atoms with E-state index in [0.29, 0.717) is 35.2 Å².